The van der Waals surface area contributed by atoms with E-state index in [4.69, 9.17) is 4.98 Å². The van der Waals surface area contributed by atoms with Gasteiger partial charge in [0.1, 0.15) is 5.82 Å². The van der Waals surface area contributed by atoms with E-state index in [9.17, 15) is 0 Å². The molecule has 1 aliphatic rings. The Hall–Kier alpha value is -2.85. The summed E-state index contributed by atoms with van der Waals surface area (Å²) in [5.41, 5.74) is 6.31. The Bertz CT molecular complexity index is 1090. The van der Waals surface area contributed by atoms with E-state index in [1.807, 2.05) is 12.3 Å². The molecule has 1 aliphatic heterocycles. The third-order valence-corrected chi connectivity index (χ3v) is 6.11. The highest BCUT2D eigenvalue weighted by Crippen LogP contribution is 2.38. The number of hydrogen-bond donors (Lipinski definition) is 3. The topological polar surface area (TPSA) is 56.5 Å². The lowest BCUT2D eigenvalue weighted by molar-refractivity contribution is 0.369. The van der Waals surface area contributed by atoms with Crippen molar-refractivity contribution in [2.75, 3.05) is 0 Å². The third-order valence-electron chi connectivity index (χ3n) is 6.11. The molecule has 3 N–H and O–H groups in total. The minimum Gasteiger partial charge on any atom is -0.357 e. The number of rotatable bonds is 6. The Kier molecular flexibility index (Phi) is 4.94. The summed E-state index contributed by atoms with van der Waals surface area (Å²) < 4.78 is 0. The van der Waals surface area contributed by atoms with Crippen LogP contribution in [0.25, 0.3) is 22.2 Å². The number of nitrogens with one attached hydrogen (secondary N) is 3. The van der Waals surface area contributed by atoms with Gasteiger partial charge >= 0.3 is 0 Å². The first-order valence-corrected chi connectivity index (χ1v) is 10.8. The second kappa shape index (κ2) is 7.88. The van der Waals surface area contributed by atoms with Crippen molar-refractivity contribution in [1.29, 1.82) is 0 Å². The lowest BCUT2D eigenvalue weighted by atomic mass is 9.91. The first-order valence-electron chi connectivity index (χ1n) is 10.8. The van der Waals surface area contributed by atoms with Crippen molar-refractivity contribution >= 4 is 10.9 Å². The number of fused-ring (bicyclic) bond motifs is 3. The van der Waals surface area contributed by atoms with Crippen molar-refractivity contribution < 1.29 is 0 Å². The second-order valence-electron chi connectivity index (χ2n) is 8.08. The summed E-state index contributed by atoms with van der Waals surface area (Å²) >= 11 is 0. The van der Waals surface area contributed by atoms with Crippen LogP contribution >= 0.6 is 0 Å². The molecule has 0 amide bonds. The fraction of sp³-hybridized carbons (Fsp3) is 0.320. The van der Waals surface area contributed by atoms with Gasteiger partial charge in [0.2, 0.25) is 0 Å². The molecule has 2 aromatic carbocycles. The van der Waals surface area contributed by atoms with E-state index in [2.05, 4.69) is 70.7 Å². The zero-order chi connectivity index (χ0) is 19.6. The van der Waals surface area contributed by atoms with Crippen LogP contribution in [0.5, 0.6) is 0 Å². The summed E-state index contributed by atoms with van der Waals surface area (Å²) in [7, 11) is 0. The summed E-state index contributed by atoms with van der Waals surface area (Å²) in [6, 6.07) is 19.6. The second-order valence-corrected chi connectivity index (χ2v) is 8.08. The maximum atomic E-state index is 4.76. The van der Waals surface area contributed by atoms with Gasteiger partial charge in [0.15, 0.2) is 0 Å². The first kappa shape index (κ1) is 18.2. The average molecular weight is 385 g/mol. The number of benzene rings is 2. The first-order chi connectivity index (χ1) is 14.3. The highest BCUT2D eigenvalue weighted by Gasteiger charge is 2.31. The average Bonchev–Trinajstić information content (AvgIpc) is 3.40. The standard InChI is InChI=1S/C25H28N4/c1-2-3-5-14-21-24-19(18-12-8-9-13-20(18)28-24)15-22(27-21)25-26-16-23(29-25)17-10-6-4-7-11-17/h4,6-13,16,21-22,27-28H,2-3,5,14-15H2,1H3,(H,26,29)/t21?,22-/m1/s1. The molecule has 4 aromatic rings. The van der Waals surface area contributed by atoms with Gasteiger partial charge in [-0.25, -0.2) is 4.98 Å². The third kappa shape index (κ3) is 3.49. The molecule has 5 rings (SSSR count). The van der Waals surface area contributed by atoms with Crippen LogP contribution in [-0.2, 0) is 6.42 Å². The van der Waals surface area contributed by atoms with E-state index >= 15 is 0 Å². The minimum atomic E-state index is 0.200. The lowest BCUT2D eigenvalue weighted by Gasteiger charge is -2.30. The Morgan fingerprint density at radius 2 is 1.79 bits per heavy atom. The van der Waals surface area contributed by atoms with E-state index in [0.717, 1.165) is 24.4 Å². The molecule has 29 heavy (non-hydrogen) atoms. The number of imidazole rings is 1. The summed E-state index contributed by atoms with van der Waals surface area (Å²) in [6.07, 6.45) is 7.82. The zero-order valence-electron chi connectivity index (χ0n) is 16.9. The molecular formula is C25H28N4. The lowest BCUT2D eigenvalue weighted by Crippen LogP contribution is -2.34. The van der Waals surface area contributed by atoms with Crippen LogP contribution in [0.2, 0.25) is 0 Å². The molecule has 0 saturated heterocycles. The van der Waals surface area contributed by atoms with Gasteiger partial charge in [0, 0.05) is 22.6 Å². The van der Waals surface area contributed by atoms with Gasteiger partial charge in [-0.05, 0) is 30.0 Å². The number of aromatic amines is 2. The summed E-state index contributed by atoms with van der Waals surface area (Å²) in [5, 5.41) is 5.24. The van der Waals surface area contributed by atoms with Crippen molar-refractivity contribution in [3.05, 3.63) is 77.9 Å². The molecule has 0 saturated carbocycles. The normalized spacial score (nSPS) is 18.8. The van der Waals surface area contributed by atoms with Gasteiger partial charge in [-0.3, -0.25) is 5.32 Å². The Morgan fingerprint density at radius 1 is 0.966 bits per heavy atom. The van der Waals surface area contributed by atoms with E-state index in [1.54, 1.807) is 0 Å². The molecule has 4 heteroatoms. The number of aromatic nitrogens is 3. The zero-order valence-corrected chi connectivity index (χ0v) is 16.9. The minimum absolute atomic E-state index is 0.200. The molecule has 0 radical (unpaired) electrons. The number of hydrogen-bond acceptors (Lipinski definition) is 2. The molecular weight excluding hydrogens is 356 g/mol. The Labute approximate surface area is 171 Å². The maximum absolute atomic E-state index is 4.76. The molecule has 4 nitrogen and oxygen atoms in total. The van der Waals surface area contributed by atoms with Crippen molar-refractivity contribution in [3.63, 3.8) is 0 Å². The predicted octanol–water partition coefficient (Wildman–Crippen LogP) is 6.07. The van der Waals surface area contributed by atoms with Crippen LogP contribution in [0.3, 0.4) is 0 Å². The van der Waals surface area contributed by atoms with Gasteiger partial charge in [-0.2, -0.15) is 0 Å². The monoisotopic (exact) mass is 384 g/mol. The van der Waals surface area contributed by atoms with Crippen molar-refractivity contribution in [2.24, 2.45) is 0 Å². The van der Waals surface area contributed by atoms with E-state index < -0.39 is 0 Å². The fourth-order valence-corrected chi connectivity index (χ4v) is 4.61. The van der Waals surface area contributed by atoms with Gasteiger partial charge in [-0.1, -0.05) is 74.7 Å². The molecule has 1 unspecified atom stereocenters. The van der Waals surface area contributed by atoms with Crippen LogP contribution in [0.15, 0.2) is 60.8 Å². The largest absolute Gasteiger partial charge is 0.357 e. The predicted molar refractivity (Wildman–Crippen MR) is 119 cm³/mol. The molecule has 2 aromatic heterocycles. The van der Waals surface area contributed by atoms with Crippen molar-refractivity contribution in [1.82, 2.24) is 20.3 Å². The molecule has 0 spiro atoms. The van der Waals surface area contributed by atoms with Gasteiger partial charge in [0.05, 0.1) is 17.9 Å². The van der Waals surface area contributed by atoms with Crippen molar-refractivity contribution in [2.45, 2.75) is 51.1 Å². The van der Waals surface area contributed by atoms with E-state index in [-0.39, 0.29) is 6.04 Å². The van der Waals surface area contributed by atoms with E-state index in [0.29, 0.717) is 6.04 Å². The van der Waals surface area contributed by atoms with Crippen LogP contribution in [0.1, 0.15) is 61.8 Å². The number of H-pyrrole nitrogens is 2. The van der Waals surface area contributed by atoms with Crippen LogP contribution in [0.4, 0.5) is 0 Å². The molecule has 2 atom stereocenters. The summed E-state index contributed by atoms with van der Waals surface area (Å²) in [4.78, 5) is 12.0. The van der Waals surface area contributed by atoms with Gasteiger partial charge < -0.3 is 9.97 Å². The molecule has 0 bridgehead atoms. The number of para-hydroxylation sites is 1. The Morgan fingerprint density at radius 3 is 2.66 bits per heavy atom. The van der Waals surface area contributed by atoms with E-state index in [1.165, 1.54) is 47.0 Å². The maximum Gasteiger partial charge on any atom is 0.124 e. The smallest absolute Gasteiger partial charge is 0.124 e. The Balaban J connectivity index is 1.48. The van der Waals surface area contributed by atoms with Crippen LogP contribution < -0.4 is 5.32 Å². The quantitative estimate of drug-likeness (QED) is 0.354. The highest BCUT2D eigenvalue weighted by atomic mass is 15.1. The highest BCUT2D eigenvalue weighted by molar-refractivity contribution is 5.85. The summed E-state index contributed by atoms with van der Waals surface area (Å²) in [6.45, 7) is 2.26. The fourth-order valence-electron chi connectivity index (χ4n) is 4.61. The number of nitrogens with zero attached hydrogens (tertiary/aromatic N) is 1. The van der Waals surface area contributed by atoms with Gasteiger partial charge in [-0.15, -0.1) is 0 Å². The summed E-state index contributed by atoms with van der Waals surface area (Å²) in [5.74, 6) is 1.03. The van der Waals surface area contributed by atoms with Crippen LogP contribution in [-0.4, -0.2) is 15.0 Å². The molecule has 0 fully saturated rings. The van der Waals surface area contributed by atoms with Crippen molar-refractivity contribution in [3.8, 4) is 11.3 Å². The SMILES string of the molecule is CCCCCC1N[C@@H](c2ncc(-c3ccccc3)[nH]2)Cc2c1[nH]c1ccccc21. The number of unbranched alkanes of at least 4 members (excludes halogenated alkanes) is 2. The molecule has 0 aliphatic carbocycles. The van der Waals surface area contributed by atoms with Gasteiger partial charge in [0.25, 0.3) is 0 Å². The molecule has 148 valence electrons. The van der Waals surface area contributed by atoms with Crippen LogP contribution in [0, 0.1) is 0 Å². The molecule has 3 heterocycles.